The molecule has 98 valence electrons. The Kier molecular flexibility index (Phi) is 5.33. The molecule has 0 aliphatic carbocycles. The lowest BCUT2D eigenvalue weighted by Gasteiger charge is -2.32. The molecule has 1 aliphatic rings. The van der Waals surface area contributed by atoms with Crippen molar-refractivity contribution in [3.05, 3.63) is 0 Å². The van der Waals surface area contributed by atoms with E-state index in [9.17, 15) is 4.79 Å². The smallest absolute Gasteiger partial charge is 0.233 e. The molecule has 0 saturated carbocycles. The van der Waals surface area contributed by atoms with Crippen LogP contribution in [0.1, 0.15) is 39.5 Å². The van der Waals surface area contributed by atoms with Crippen LogP contribution >= 0.6 is 12.2 Å². The van der Waals surface area contributed by atoms with Gasteiger partial charge in [0, 0.05) is 19.3 Å². The molecule has 3 N–H and O–H groups in total. The fourth-order valence-electron chi connectivity index (χ4n) is 2.20. The van der Waals surface area contributed by atoms with E-state index in [0.717, 1.165) is 12.8 Å². The number of amides is 1. The third kappa shape index (κ3) is 3.16. The molecule has 1 aliphatic heterocycles. The SMILES string of the molecule is CCC(CC)(C(=O)NC1CCOCC1)C(N)=S. The molecule has 0 bridgehead atoms. The van der Waals surface area contributed by atoms with Crippen LogP contribution in [0, 0.1) is 5.41 Å². The summed E-state index contributed by atoms with van der Waals surface area (Å²) in [4.78, 5) is 12.6. The van der Waals surface area contributed by atoms with Crippen molar-refractivity contribution in [2.45, 2.75) is 45.6 Å². The average molecular weight is 258 g/mol. The number of hydrogen-bond donors (Lipinski definition) is 2. The van der Waals surface area contributed by atoms with Gasteiger partial charge in [0.25, 0.3) is 0 Å². The first-order valence-electron chi connectivity index (χ1n) is 6.25. The monoisotopic (exact) mass is 258 g/mol. The molecule has 1 saturated heterocycles. The van der Waals surface area contributed by atoms with Crippen molar-refractivity contribution in [3.63, 3.8) is 0 Å². The van der Waals surface area contributed by atoms with Crippen molar-refractivity contribution in [2.24, 2.45) is 11.1 Å². The second-order valence-corrected chi connectivity index (χ2v) is 4.95. The van der Waals surface area contributed by atoms with Gasteiger partial charge in [-0.1, -0.05) is 26.1 Å². The van der Waals surface area contributed by atoms with Gasteiger partial charge in [-0.2, -0.15) is 0 Å². The van der Waals surface area contributed by atoms with Crippen molar-refractivity contribution in [1.29, 1.82) is 0 Å². The summed E-state index contributed by atoms with van der Waals surface area (Å²) in [6, 6.07) is 0.197. The number of rotatable bonds is 5. The second kappa shape index (κ2) is 6.31. The fourth-order valence-corrected chi connectivity index (χ4v) is 2.58. The van der Waals surface area contributed by atoms with Crippen molar-refractivity contribution in [3.8, 4) is 0 Å². The largest absolute Gasteiger partial charge is 0.392 e. The molecule has 4 nitrogen and oxygen atoms in total. The number of carbonyl (C=O) groups excluding carboxylic acids is 1. The van der Waals surface area contributed by atoms with Crippen LogP contribution in [0.4, 0.5) is 0 Å². The number of nitrogens with one attached hydrogen (secondary N) is 1. The van der Waals surface area contributed by atoms with Gasteiger partial charge in [-0.15, -0.1) is 0 Å². The highest BCUT2D eigenvalue weighted by Gasteiger charge is 2.38. The minimum atomic E-state index is -0.687. The van der Waals surface area contributed by atoms with E-state index >= 15 is 0 Å². The highest BCUT2D eigenvalue weighted by Crippen LogP contribution is 2.27. The van der Waals surface area contributed by atoms with E-state index in [1.54, 1.807) is 0 Å². The summed E-state index contributed by atoms with van der Waals surface area (Å²) in [6.45, 7) is 5.32. The summed E-state index contributed by atoms with van der Waals surface area (Å²) in [5, 5.41) is 3.06. The van der Waals surface area contributed by atoms with Crippen LogP contribution in [0.25, 0.3) is 0 Å². The molecule has 0 spiro atoms. The Balaban J connectivity index is 2.67. The molecule has 1 fully saturated rings. The molecule has 0 aromatic rings. The predicted octanol–water partition coefficient (Wildman–Crippen LogP) is 1.37. The normalized spacial score (nSPS) is 17.8. The zero-order chi connectivity index (χ0) is 12.9. The molecular weight excluding hydrogens is 236 g/mol. The minimum Gasteiger partial charge on any atom is -0.392 e. The van der Waals surface area contributed by atoms with Crippen LogP contribution < -0.4 is 11.1 Å². The first-order valence-corrected chi connectivity index (χ1v) is 6.66. The Hall–Kier alpha value is -0.680. The minimum absolute atomic E-state index is 0.0260. The Morgan fingerprint density at radius 2 is 1.94 bits per heavy atom. The van der Waals surface area contributed by atoms with Gasteiger partial charge < -0.3 is 15.8 Å². The molecule has 17 heavy (non-hydrogen) atoms. The lowest BCUT2D eigenvalue weighted by atomic mass is 9.81. The maximum Gasteiger partial charge on any atom is 0.233 e. The molecule has 0 aromatic heterocycles. The Labute approximate surface area is 108 Å². The van der Waals surface area contributed by atoms with Gasteiger partial charge in [0.15, 0.2) is 0 Å². The van der Waals surface area contributed by atoms with Gasteiger partial charge in [0.2, 0.25) is 5.91 Å². The van der Waals surface area contributed by atoms with Gasteiger partial charge in [-0.25, -0.2) is 0 Å². The number of nitrogens with two attached hydrogens (primary N) is 1. The maximum absolute atomic E-state index is 12.3. The summed E-state index contributed by atoms with van der Waals surface area (Å²) in [5.74, 6) is -0.0260. The van der Waals surface area contributed by atoms with Gasteiger partial charge in [-0.3, -0.25) is 4.79 Å². The zero-order valence-corrected chi connectivity index (χ0v) is 11.4. The number of carbonyl (C=O) groups is 1. The highest BCUT2D eigenvalue weighted by molar-refractivity contribution is 7.80. The Morgan fingerprint density at radius 1 is 1.41 bits per heavy atom. The van der Waals surface area contributed by atoms with Crippen LogP contribution in [-0.2, 0) is 9.53 Å². The van der Waals surface area contributed by atoms with Gasteiger partial charge in [-0.05, 0) is 25.7 Å². The quantitative estimate of drug-likeness (QED) is 0.731. The topological polar surface area (TPSA) is 64.3 Å². The summed E-state index contributed by atoms with van der Waals surface area (Å²) in [7, 11) is 0. The summed E-state index contributed by atoms with van der Waals surface area (Å²) in [5.41, 5.74) is 5.06. The van der Waals surface area contributed by atoms with Crippen LogP contribution in [0.15, 0.2) is 0 Å². The van der Waals surface area contributed by atoms with Crippen molar-refractivity contribution < 1.29 is 9.53 Å². The molecule has 0 aromatic carbocycles. The lowest BCUT2D eigenvalue weighted by molar-refractivity contribution is -0.129. The zero-order valence-electron chi connectivity index (χ0n) is 10.6. The van der Waals surface area contributed by atoms with Gasteiger partial charge >= 0.3 is 0 Å². The van der Waals surface area contributed by atoms with Crippen molar-refractivity contribution >= 4 is 23.1 Å². The molecule has 0 atom stereocenters. The molecule has 0 unspecified atom stereocenters. The fraction of sp³-hybridized carbons (Fsp3) is 0.833. The van der Waals surface area contributed by atoms with E-state index in [1.165, 1.54) is 0 Å². The number of thiocarbonyl (C=S) groups is 1. The van der Waals surface area contributed by atoms with Crippen LogP contribution in [0.3, 0.4) is 0 Å². The molecular formula is C12H22N2O2S. The lowest BCUT2D eigenvalue weighted by Crippen LogP contribution is -2.52. The van der Waals surface area contributed by atoms with Gasteiger partial charge in [0.05, 0.1) is 10.4 Å². The van der Waals surface area contributed by atoms with Gasteiger partial charge in [0.1, 0.15) is 0 Å². The Bertz CT molecular complexity index is 284. The molecule has 1 rings (SSSR count). The van der Waals surface area contributed by atoms with Crippen LogP contribution in [0.2, 0.25) is 0 Å². The van der Waals surface area contributed by atoms with Crippen LogP contribution in [-0.4, -0.2) is 30.2 Å². The van der Waals surface area contributed by atoms with E-state index in [1.807, 2.05) is 13.8 Å². The predicted molar refractivity (Wildman–Crippen MR) is 71.8 cm³/mol. The third-order valence-electron chi connectivity index (χ3n) is 3.67. The highest BCUT2D eigenvalue weighted by atomic mass is 32.1. The van der Waals surface area contributed by atoms with Crippen LogP contribution in [0.5, 0.6) is 0 Å². The summed E-state index contributed by atoms with van der Waals surface area (Å²) < 4.78 is 5.27. The first kappa shape index (κ1) is 14.4. The molecule has 5 heteroatoms. The Morgan fingerprint density at radius 3 is 2.35 bits per heavy atom. The van der Waals surface area contributed by atoms with E-state index in [-0.39, 0.29) is 11.9 Å². The van der Waals surface area contributed by atoms with Crippen molar-refractivity contribution in [1.82, 2.24) is 5.32 Å². The maximum atomic E-state index is 12.3. The van der Waals surface area contributed by atoms with E-state index < -0.39 is 5.41 Å². The second-order valence-electron chi connectivity index (χ2n) is 4.51. The van der Waals surface area contributed by atoms with E-state index in [4.69, 9.17) is 22.7 Å². The van der Waals surface area contributed by atoms with E-state index in [0.29, 0.717) is 31.0 Å². The third-order valence-corrected chi connectivity index (χ3v) is 4.06. The molecule has 0 radical (unpaired) electrons. The molecule has 1 amide bonds. The average Bonchev–Trinajstić information content (AvgIpc) is 2.32. The summed E-state index contributed by atoms with van der Waals surface area (Å²) in [6.07, 6.45) is 3.03. The van der Waals surface area contributed by atoms with Crippen molar-refractivity contribution in [2.75, 3.05) is 13.2 Å². The van der Waals surface area contributed by atoms with E-state index in [2.05, 4.69) is 5.32 Å². The number of hydrogen-bond acceptors (Lipinski definition) is 3. The molecule has 1 heterocycles. The number of ether oxygens (including phenoxy) is 1. The summed E-state index contributed by atoms with van der Waals surface area (Å²) >= 11 is 5.06. The first-order chi connectivity index (χ1) is 8.06. The standard InChI is InChI=1S/C12H22N2O2S/c1-3-12(4-2,10(13)17)11(15)14-9-5-7-16-8-6-9/h9H,3-8H2,1-2H3,(H2,13,17)(H,14,15).